The molecule has 2 rings (SSSR count). The van der Waals surface area contributed by atoms with E-state index < -0.39 is 0 Å². The molecule has 1 saturated heterocycles. The number of methoxy groups -OCH3 is 1. The molecule has 1 aliphatic heterocycles. The van der Waals surface area contributed by atoms with Gasteiger partial charge in [0.2, 0.25) is 0 Å². The molecule has 2 unspecified atom stereocenters. The number of aromatic nitrogens is 1. The van der Waals surface area contributed by atoms with E-state index in [4.69, 9.17) is 4.74 Å². The van der Waals surface area contributed by atoms with Gasteiger partial charge in [0.25, 0.3) is 0 Å². The molecule has 0 amide bonds. The lowest BCUT2D eigenvalue weighted by Crippen LogP contribution is -2.44. The first kappa shape index (κ1) is 14.0. The summed E-state index contributed by atoms with van der Waals surface area (Å²) in [5.74, 6) is -0.354. The van der Waals surface area contributed by atoms with Crippen LogP contribution in [0.2, 0.25) is 0 Å². The Balaban J connectivity index is 1.97. The van der Waals surface area contributed by atoms with E-state index >= 15 is 0 Å². The van der Waals surface area contributed by atoms with Crippen molar-refractivity contribution in [1.82, 2.24) is 9.88 Å². The molecule has 0 radical (unpaired) electrons. The fraction of sp³-hybridized carbons (Fsp3) is 0.571. The van der Waals surface area contributed by atoms with Gasteiger partial charge in [0.05, 0.1) is 30.6 Å². The van der Waals surface area contributed by atoms with Crippen LogP contribution in [0, 0.1) is 0 Å². The van der Waals surface area contributed by atoms with Crippen molar-refractivity contribution in [2.45, 2.75) is 32.6 Å². The molecule has 104 valence electrons. The molecule has 2 heterocycles. The first-order valence-corrected chi connectivity index (χ1v) is 6.49. The van der Waals surface area contributed by atoms with E-state index in [1.54, 1.807) is 12.3 Å². The van der Waals surface area contributed by atoms with Crippen molar-refractivity contribution < 1.29 is 14.3 Å². The van der Waals surface area contributed by atoms with Gasteiger partial charge in [-0.2, -0.15) is 0 Å². The molecule has 19 heavy (non-hydrogen) atoms. The number of hydrogen-bond acceptors (Lipinski definition) is 5. The average molecular weight is 264 g/mol. The largest absolute Gasteiger partial charge is 0.465 e. The Kier molecular flexibility index (Phi) is 4.50. The summed E-state index contributed by atoms with van der Waals surface area (Å²) in [5.41, 5.74) is 1.43. The fourth-order valence-electron chi connectivity index (χ4n) is 2.40. The predicted octanol–water partition coefficient (Wildman–Crippen LogP) is 1.48. The van der Waals surface area contributed by atoms with Gasteiger partial charge in [-0.25, -0.2) is 4.79 Å². The van der Waals surface area contributed by atoms with Crippen LogP contribution in [0.25, 0.3) is 0 Å². The number of rotatable bonds is 3. The lowest BCUT2D eigenvalue weighted by atomic mass is 10.2. The maximum Gasteiger partial charge on any atom is 0.339 e. The molecule has 0 aromatic carbocycles. The second kappa shape index (κ2) is 6.12. The zero-order valence-corrected chi connectivity index (χ0v) is 11.6. The summed E-state index contributed by atoms with van der Waals surface area (Å²) in [6, 6.07) is 3.62. The van der Waals surface area contributed by atoms with Crippen LogP contribution in [0.1, 0.15) is 29.9 Å². The molecule has 5 nitrogen and oxygen atoms in total. The monoisotopic (exact) mass is 264 g/mol. The number of nitrogens with zero attached hydrogens (tertiary/aromatic N) is 2. The standard InChI is InChI=1S/C14H20N2O3/c1-10-7-16(8-11(2)19-10)9-13-5-4-12(6-15-13)14(17)18-3/h4-6,10-11H,7-9H2,1-3H3. The van der Waals surface area contributed by atoms with Crippen molar-refractivity contribution in [2.75, 3.05) is 20.2 Å². The van der Waals surface area contributed by atoms with Gasteiger partial charge >= 0.3 is 5.97 Å². The maximum absolute atomic E-state index is 11.3. The molecule has 0 N–H and O–H groups in total. The summed E-state index contributed by atoms with van der Waals surface area (Å²) < 4.78 is 10.3. The van der Waals surface area contributed by atoms with Crippen LogP contribution in [0.3, 0.4) is 0 Å². The van der Waals surface area contributed by atoms with Crippen LogP contribution < -0.4 is 0 Å². The molecule has 1 aromatic rings. The van der Waals surface area contributed by atoms with Gasteiger partial charge in [0.15, 0.2) is 0 Å². The van der Waals surface area contributed by atoms with Crippen LogP contribution in [-0.2, 0) is 16.0 Å². The third-order valence-electron chi connectivity index (χ3n) is 3.13. The van der Waals surface area contributed by atoms with Crippen LogP contribution in [0.4, 0.5) is 0 Å². The topological polar surface area (TPSA) is 51.7 Å². The molecule has 0 aliphatic carbocycles. The van der Waals surface area contributed by atoms with Gasteiger partial charge in [0.1, 0.15) is 0 Å². The lowest BCUT2D eigenvalue weighted by Gasteiger charge is -2.35. The van der Waals surface area contributed by atoms with E-state index in [2.05, 4.69) is 28.5 Å². The predicted molar refractivity (Wildman–Crippen MR) is 70.9 cm³/mol. The average Bonchev–Trinajstić information content (AvgIpc) is 2.37. The van der Waals surface area contributed by atoms with E-state index in [-0.39, 0.29) is 18.2 Å². The Morgan fingerprint density at radius 1 is 1.42 bits per heavy atom. The Morgan fingerprint density at radius 3 is 2.63 bits per heavy atom. The number of carbonyl (C=O) groups excluding carboxylic acids is 1. The van der Waals surface area contributed by atoms with Crippen molar-refractivity contribution >= 4 is 5.97 Å². The van der Waals surface area contributed by atoms with Crippen LogP contribution in [0.15, 0.2) is 18.3 Å². The molecule has 0 bridgehead atoms. The Bertz CT molecular complexity index is 423. The van der Waals surface area contributed by atoms with Gasteiger partial charge in [0, 0.05) is 25.8 Å². The Hall–Kier alpha value is -1.46. The van der Waals surface area contributed by atoms with Crippen LogP contribution in [-0.4, -0.2) is 48.3 Å². The Labute approximate surface area is 113 Å². The number of hydrogen-bond donors (Lipinski definition) is 0. The zero-order valence-electron chi connectivity index (χ0n) is 11.6. The molecule has 1 aromatic heterocycles. The summed E-state index contributed by atoms with van der Waals surface area (Å²) in [4.78, 5) is 17.9. The van der Waals surface area contributed by atoms with Gasteiger partial charge in [-0.05, 0) is 26.0 Å². The molecule has 2 atom stereocenters. The third-order valence-corrected chi connectivity index (χ3v) is 3.13. The van der Waals surface area contributed by atoms with Gasteiger partial charge in [-0.3, -0.25) is 9.88 Å². The Morgan fingerprint density at radius 2 is 2.11 bits per heavy atom. The highest BCUT2D eigenvalue weighted by molar-refractivity contribution is 5.88. The second-order valence-electron chi connectivity index (χ2n) is 4.98. The van der Waals surface area contributed by atoms with Gasteiger partial charge in [-0.15, -0.1) is 0 Å². The summed E-state index contributed by atoms with van der Waals surface area (Å²) in [6.07, 6.45) is 2.06. The number of morpholine rings is 1. The number of carbonyl (C=O) groups is 1. The highest BCUT2D eigenvalue weighted by Crippen LogP contribution is 2.13. The van der Waals surface area contributed by atoms with Crippen molar-refractivity contribution in [3.8, 4) is 0 Å². The quantitative estimate of drug-likeness (QED) is 0.774. The second-order valence-corrected chi connectivity index (χ2v) is 4.98. The minimum absolute atomic E-state index is 0.248. The smallest absolute Gasteiger partial charge is 0.339 e. The van der Waals surface area contributed by atoms with E-state index in [0.29, 0.717) is 5.56 Å². The van der Waals surface area contributed by atoms with Crippen molar-refractivity contribution in [3.63, 3.8) is 0 Å². The molecule has 0 spiro atoms. The normalized spacial score (nSPS) is 24.2. The number of pyridine rings is 1. The van der Waals surface area contributed by atoms with Crippen molar-refractivity contribution in [3.05, 3.63) is 29.6 Å². The number of ether oxygens (including phenoxy) is 2. The first-order chi connectivity index (χ1) is 9.08. The van der Waals surface area contributed by atoms with Crippen LogP contribution >= 0.6 is 0 Å². The molecular weight excluding hydrogens is 244 g/mol. The summed E-state index contributed by atoms with van der Waals surface area (Å²) >= 11 is 0. The zero-order chi connectivity index (χ0) is 13.8. The van der Waals surface area contributed by atoms with Crippen molar-refractivity contribution in [2.24, 2.45) is 0 Å². The van der Waals surface area contributed by atoms with E-state index in [9.17, 15) is 4.79 Å². The molecule has 5 heteroatoms. The SMILES string of the molecule is COC(=O)c1ccc(CN2CC(C)OC(C)C2)nc1. The van der Waals surface area contributed by atoms with Gasteiger partial charge < -0.3 is 9.47 Å². The molecule has 1 fully saturated rings. The van der Waals surface area contributed by atoms with E-state index in [1.165, 1.54) is 7.11 Å². The third kappa shape index (κ3) is 3.75. The molecule has 1 aliphatic rings. The van der Waals surface area contributed by atoms with Crippen molar-refractivity contribution in [1.29, 1.82) is 0 Å². The van der Waals surface area contributed by atoms with Crippen LogP contribution in [0.5, 0.6) is 0 Å². The first-order valence-electron chi connectivity index (χ1n) is 6.49. The highest BCUT2D eigenvalue weighted by atomic mass is 16.5. The minimum atomic E-state index is -0.354. The maximum atomic E-state index is 11.3. The molecule has 0 saturated carbocycles. The number of esters is 1. The minimum Gasteiger partial charge on any atom is -0.465 e. The fourth-order valence-corrected chi connectivity index (χ4v) is 2.40. The summed E-state index contributed by atoms with van der Waals surface area (Å²) in [7, 11) is 1.37. The van der Waals surface area contributed by atoms with E-state index in [0.717, 1.165) is 25.3 Å². The van der Waals surface area contributed by atoms with Gasteiger partial charge in [-0.1, -0.05) is 0 Å². The summed E-state index contributed by atoms with van der Waals surface area (Å²) in [5, 5.41) is 0. The summed E-state index contributed by atoms with van der Waals surface area (Å²) in [6.45, 7) is 6.75. The van der Waals surface area contributed by atoms with E-state index in [1.807, 2.05) is 6.07 Å². The lowest BCUT2D eigenvalue weighted by molar-refractivity contribution is -0.0707. The highest BCUT2D eigenvalue weighted by Gasteiger charge is 2.22. The molecular formula is C14H20N2O3.